The first kappa shape index (κ1) is 21.0. The third-order valence-corrected chi connectivity index (χ3v) is 7.71. The summed E-state index contributed by atoms with van der Waals surface area (Å²) in [6.07, 6.45) is 4.34. The van der Waals surface area contributed by atoms with Crippen molar-refractivity contribution in [2.24, 2.45) is 0 Å². The molecule has 1 N–H and O–H groups in total. The SMILES string of the molecule is C1=C(c2ccccc2)OC(c2ccccc2)=CC1=c1cc2c(c3ccccc13)=[NH+]c1ccccc1S2. The Morgan fingerprint density at radius 2 is 1.14 bits per heavy atom. The largest absolute Gasteiger partial charge is 0.456 e. The Bertz CT molecular complexity index is 1760. The van der Waals surface area contributed by atoms with Gasteiger partial charge in [-0.1, -0.05) is 103 Å². The molecule has 36 heavy (non-hydrogen) atoms. The average Bonchev–Trinajstić information content (AvgIpc) is 2.96. The van der Waals surface area contributed by atoms with Gasteiger partial charge in [0.05, 0.1) is 15.2 Å². The second-order valence-electron chi connectivity index (χ2n) is 8.87. The average molecular weight is 481 g/mol. The van der Waals surface area contributed by atoms with Crippen LogP contribution in [0, 0.1) is 0 Å². The molecule has 2 heterocycles. The molecule has 2 nitrogen and oxygen atoms in total. The first-order chi connectivity index (χ1) is 17.8. The van der Waals surface area contributed by atoms with Gasteiger partial charge in [-0.3, -0.25) is 0 Å². The van der Waals surface area contributed by atoms with Crippen LogP contribution in [-0.2, 0) is 4.74 Å². The molecular formula is C33H22NOS+. The van der Waals surface area contributed by atoms with Crippen LogP contribution in [0.25, 0.3) is 27.9 Å². The molecule has 5 aromatic rings. The summed E-state index contributed by atoms with van der Waals surface area (Å²) in [4.78, 5) is 6.16. The van der Waals surface area contributed by atoms with Crippen molar-refractivity contribution in [2.45, 2.75) is 9.79 Å². The number of benzene rings is 5. The van der Waals surface area contributed by atoms with Gasteiger partial charge in [-0.25, -0.2) is 4.99 Å². The van der Waals surface area contributed by atoms with Crippen molar-refractivity contribution < 1.29 is 9.73 Å². The molecule has 3 heteroatoms. The van der Waals surface area contributed by atoms with Crippen molar-refractivity contribution in [1.82, 2.24) is 0 Å². The Labute approximate surface area is 213 Å². The van der Waals surface area contributed by atoms with E-state index in [0.717, 1.165) is 33.9 Å². The van der Waals surface area contributed by atoms with E-state index in [1.54, 1.807) is 0 Å². The second kappa shape index (κ2) is 8.71. The van der Waals surface area contributed by atoms with Gasteiger partial charge in [0.1, 0.15) is 11.5 Å². The Balaban J connectivity index is 1.55. The van der Waals surface area contributed by atoms with Crippen LogP contribution in [0.4, 0.5) is 5.69 Å². The summed E-state index contributed by atoms with van der Waals surface area (Å²) in [5.74, 6) is 1.70. The topological polar surface area (TPSA) is 23.2 Å². The Morgan fingerprint density at radius 1 is 0.556 bits per heavy atom. The van der Waals surface area contributed by atoms with Crippen LogP contribution in [0.5, 0.6) is 0 Å². The third kappa shape index (κ3) is 3.65. The quantitative estimate of drug-likeness (QED) is 0.349. The summed E-state index contributed by atoms with van der Waals surface area (Å²) in [5.41, 5.74) is 4.41. The van der Waals surface area contributed by atoms with Gasteiger partial charge in [0.2, 0.25) is 11.0 Å². The monoisotopic (exact) mass is 480 g/mol. The molecule has 170 valence electrons. The predicted molar refractivity (Wildman–Crippen MR) is 147 cm³/mol. The first-order valence-electron chi connectivity index (χ1n) is 12.0. The van der Waals surface area contributed by atoms with Gasteiger partial charge in [0.25, 0.3) is 0 Å². The molecule has 0 atom stereocenters. The van der Waals surface area contributed by atoms with Crippen LogP contribution in [0.2, 0.25) is 0 Å². The minimum atomic E-state index is 0.852. The van der Waals surface area contributed by atoms with Gasteiger partial charge >= 0.3 is 0 Å². The van der Waals surface area contributed by atoms with Gasteiger partial charge in [0, 0.05) is 17.2 Å². The lowest BCUT2D eigenvalue weighted by Gasteiger charge is -2.19. The summed E-state index contributed by atoms with van der Waals surface area (Å²) >= 11 is 1.82. The number of allylic oxidation sites excluding steroid dienone is 2. The van der Waals surface area contributed by atoms with E-state index in [1.165, 1.54) is 31.1 Å². The standard InChI is InChI=1S/C33H21NOS/c1-3-11-22(12-4-1)29-19-24(20-30(35-29)23-13-5-2-6-14-23)27-21-32-33(26-16-8-7-15-25(26)27)34-28-17-9-10-18-31(28)36-32/h1-21H/p+1. The van der Waals surface area contributed by atoms with E-state index >= 15 is 0 Å². The molecule has 5 aromatic carbocycles. The zero-order chi connectivity index (χ0) is 23.9. The lowest BCUT2D eigenvalue weighted by molar-refractivity contribution is -0.407. The molecule has 7 rings (SSSR count). The highest BCUT2D eigenvalue weighted by Crippen LogP contribution is 2.34. The number of nitrogens with one attached hydrogen (secondary N) is 1. The molecule has 2 aliphatic heterocycles. The van der Waals surface area contributed by atoms with Crippen LogP contribution in [-0.4, -0.2) is 0 Å². The number of ether oxygens (including phenoxy) is 1. The van der Waals surface area contributed by atoms with E-state index in [0.29, 0.717) is 0 Å². The highest BCUT2D eigenvalue weighted by Gasteiger charge is 2.21. The van der Waals surface area contributed by atoms with E-state index in [1.807, 2.05) is 48.2 Å². The molecule has 0 aromatic heterocycles. The zero-order valence-electron chi connectivity index (χ0n) is 19.4. The number of para-hydroxylation sites is 1. The fraction of sp³-hybridized carbons (Fsp3) is 0. The zero-order valence-corrected chi connectivity index (χ0v) is 20.3. The van der Waals surface area contributed by atoms with Crippen molar-refractivity contribution in [3.63, 3.8) is 0 Å². The van der Waals surface area contributed by atoms with Crippen molar-refractivity contribution in [2.75, 3.05) is 0 Å². The molecule has 0 fully saturated rings. The van der Waals surface area contributed by atoms with E-state index in [2.05, 4.69) is 96.0 Å². The Kier molecular flexibility index (Phi) is 5.07. The van der Waals surface area contributed by atoms with E-state index < -0.39 is 0 Å². The van der Waals surface area contributed by atoms with Gasteiger partial charge in [-0.05, 0) is 46.5 Å². The highest BCUT2D eigenvalue weighted by atomic mass is 32.2. The maximum atomic E-state index is 6.47. The van der Waals surface area contributed by atoms with Gasteiger partial charge < -0.3 is 4.74 Å². The molecule has 2 aliphatic rings. The molecule has 0 bridgehead atoms. The van der Waals surface area contributed by atoms with Crippen molar-refractivity contribution in [3.05, 3.63) is 149 Å². The van der Waals surface area contributed by atoms with E-state index in [9.17, 15) is 0 Å². The summed E-state index contributed by atoms with van der Waals surface area (Å²) in [6, 6.07) is 40.1. The molecule has 0 radical (unpaired) electrons. The first-order valence-corrected chi connectivity index (χ1v) is 12.8. The van der Waals surface area contributed by atoms with Crippen LogP contribution < -0.4 is 15.6 Å². The van der Waals surface area contributed by atoms with Crippen molar-refractivity contribution in [3.8, 4) is 0 Å². The molecule has 0 unspecified atom stereocenters. The van der Waals surface area contributed by atoms with Gasteiger partial charge in [-0.15, -0.1) is 0 Å². The molecule has 0 aliphatic carbocycles. The molecule has 0 spiro atoms. The summed E-state index contributed by atoms with van der Waals surface area (Å²) in [5, 5.41) is 4.80. The number of hydrogen-bond acceptors (Lipinski definition) is 2. The van der Waals surface area contributed by atoms with Crippen molar-refractivity contribution in [1.29, 1.82) is 0 Å². The van der Waals surface area contributed by atoms with Crippen molar-refractivity contribution >= 4 is 45.3 Å². The maximum Gasteiger partial charge on any atom is 0.226 e. The Morgan fingerprint density at radius 3 is 1.83 bits per heavy atom. The fourth-order valence-corrected chi connectivity index (χ4v) is 5.91. The fourth-order valence-electron chi connectivity index (χ4n) is 4.86. The number of rotatable bonds is 2. The normalized spacial score (nSPS) is 14.2. The van der Waals surface area contributed by atoms with Gasteiger partial charge in [0.15, 0.2) is 0 Å². The van der Waals surface area contributed by atoms with E-state index in [4.69, 9.17) is 4.74 Å². The lowest BCUT2D eigenvalue weighted by Crippen LogP contribution is -2.72. The van der Waals surface area contributed by atoms with Crippen LogP contribution in [0.3, 0.4) is 0 Å². The summed E-state index contributed by atoms with van der Waals surface area (Å²) in [6.45, 7) is 0. The van der Waals surface area contributed by atoms with Crippen LogP contribution in [0.15, 0.2) is 137 Å². The third-order valence-electron chi connectivity index (χ3n) is 6.60. The predicted octanol–water partition coefficient (Wildman–Crippen LogP) is 5.60. The molecule has 0 saturated carbocycles. The minimum Gasteiger partial charge on any atom is -0.456 e. The van der Waals surface area contributed by atoms with E-state index in [-0.39, 0.29) is 0 Å². The number of hydrogen-bond donors (Lipinski definition) is 1. The number of fused-ring (bicyclic) bond motifs is 4. The highest BCUT2D eigenvalue weighted by molar-refractivity contribution is 7.99. The second-order valence-corrected chi connectivity index (χ2v) is 9.96. The molecular weight excluding hydrogens is 458 g/mol. The Hall–Kier alpha value is -4.34. The summed E-state index contributed by atoms with van der Waals surface area (Å²) in [7, 11) is 0. The minimum absolute atomic E-state index is 0.852. The smallest absolute Gasteiger partial charge is 0.226 e. The lowest BCUT2D eigenvalue weighted by atomic mass is 9.99. The maximum absolute atomic E-state index is 6.47. The summed E-state index contributed by atoms with van der Waals surface area (Å²) < 4.78 is 6.47. The molecule has 0 saturated heterocycles. The van der Waals surface area contributed by atoms with Crippen LogP contribution >= 0.6 is 11.8 Å². The van der Waals surface area contributed by atoms with Gasteiger partial charge in [-0.2, -0.15) is 0 Å². The van der Waals surface area contributed by atoms with Crippen LogP contribution in [0.1, 0.15) is 11.1 Å². The molecule has 0 amide bonds.